The third kappa shape index (κ3) is 3.41. The van der Waals surface area contributed by atoms with Crippen LogP contribution in [0.2, 0.25) is 0 Å². The number of sulfonamides is 1. The first kappa shape index (κ1) is 16.4. The van der Waals surface area contributed by atoms with Crippen molar-refractivity contribution in [1.82, 2.24) is 10.0 Å². The lowest BCUT2D eigenvalue weighted by Crippen LogP contribution is -2.29. The molecular weight excluding hydrogens is 314 g/mol. The maximum atomic E-state index is 12.5. The molecule has 0 bridgehead atoms. The van der Waals surface area contributed by atoms with Gasteiger partial charge < -0.3 is 10.2 Å². The van der Waals surface area contributed by atoms with Gasteiger partial charge in [0, 0.05) is 18.7 Å². The molecule has 2 aliphatic rings. The maximum absolute atomic E-state index is 12.5. The normalized spacial score (nSPS) is 20.7. The number of anilines is 1. The zero-order chi connectivity index (χ0) is 16.4. The highest BCUT2D eigenvalue weighted by atomic mass is 32.2. The molecule has 0 aliphatic carbocycles. The van der Waals surface area contributed by atoms with Gasteiger partial charge in [0.25, 0.3) is 0 Å². The number of benzene rings is 1. The Morgan fingerprint density at radius 3 is 2.96 bits per heavy atom. The van der Waals surface area contributed by atoms with Crippen LogP contribution >= 0.6 is 0 Å². The van der Waals surface area contributed by atoms with E-state index in [-0.39, 0.29) is 10.8 Å². The summed E-state index contributed by atoms with van der Waals surface area (Å²) in [7, 11) is -2.10. The van der Waals surface area contributed by atoms with Gasteiger partial charge in [0.2, 0.25) is 15.9 Å². The van der Waals surface area contributed by atoms with Crippen LogP contribution in [0.5, 0.6) is 0 Å². The third-order valence-electron chi connectivity index (χ3n) is 4.76. The average Bonchev–Trinajstić information content (AvgIpc) is 3.21. The number of hydrogen-bond donors (Lipinski definition) is 2. The molecule has 1 aromatic rings. The van der Waals surface area contributed by atoms with Crippen LogP contribution in [0.1, 0.15) is 24.8 Å². The summed E-state index contributed by atoms with van der Waals surface area (Å²) in [6.07, 6.45) is 3.33. The molecule has 0 saturated carbocycles. The summed E-state index contributed by atoms with van der Waals surface area (Å²) in [5.41, 5.74) is 1.78. The molecule has 1 saturated heterocycles. The van der Waals surface area contributed by atoms with Crippen LogP contribution < -0.4 is 14.9 Å². The lowest BCUT2D eigenvalue weighted by atomic mass is 10.0. The van der Waals surface area contributed by atoms with Crippen molar-refractivity contribution in [2.24, 2.45) is 5.92 Å². The van der Waals surface area contributed by atoms with E-state index < -0.39 is 10.0 Å². The van der Waals surface area contributed by atoms with E-state index in [4.69, 9.17) is 0 Å². The minimum absolute atomic E-state index is 0.0923. The number of amides is 1. The molecular formula is C16H23N3O3S. The highest BCUT2D eigenvalue weighted by Gasteiger charge is 2.27. The predicted octanol–water partition coefficient (Wildman–Crippen LogP) is 0.873. The van der Waals surface area contributed by atoms with Crippen LogP contribution in [-0.4, -0.2) is 41.0 Å². The van der Waals surface area contributed by atoms with E-state index in [2.05, 4.69) is 10.0 Å². The summed E-state index contributed by atoms with van der Waals surface area (Å²) >= 11 is 0. The van der Waals surface area contributed by atoms with Crippen molar-refractivity contribution in [1.29, 1.82) is 0 Å². The van der Waals surface area contributed by atoms with Gasteiger partial charge in [-0.25, -0.2) is 13.1 Å². The number of hydrogen-bond acceptors (Lipinski definition) is 4. The van der Waals surface area contributed by atoms with E-state index in [1.54, 1.807) is 17.0 Å². The van der Waals surface area contributed by atoms with Crippen LogP contribution in [0, 0.1) is 5.92 Å². The number of carbonyl (C=O) groups excluding carboxylic acids is 1. The Morgan fingerprint density at radius 2 is 2.26 bits per heavy atom. The summed E-state index contributed by atoms with van der Waals surface area (Å²) in [5.74, 6) is 0.673. The van der Waals surface area contributed by atoms with Crippen molar-refractivity contribution in [2.75, 3.05) is 31.6 Å². The van der Waals surface area contributed by atoms with Gasteiger partial charge in [-0.15, -0.1) is 0 Å². The van der Waals surface area contributed by atoms with Crippen LogP contribution in [0.3, 0.4) is 0 Å². The molecule has 1 aromatic carbocycles. The molecule has 1 fully saturated rings. The number of rotatable bonds is 5. The topological polar surface area (TPSA) is 78.5 Å². The summed E-state index contributed by atoms with van der Waals surface area (Å²) in [4.78, 5) is 14.5. The Kier molecular flexibility index (Phi) is 4.70. The molecule has 7 heteroatoms. The summed E-state index contributed by atoms with van der Waals surface area (Å²) in [6, 6.07) is 5.03. The third-order valence-corrected chi connectivity index (χ3v) is 6.17. The van der Waals surface area contributed by atoms with Crippen molar-refractivity contribution in [3.05, 3.63) is 23.8 Å². The second-order valence-electron chi connectivity index (χ2n) is 6.19. The first-order valence-electron chi connectivity index (χ1n) is 8.09. The molecule has 126 valence electrons. The fraction of sp³-hybridized carbons (Fsp3) is 0.562. The van der Waals surface area contributed by atoms with Crippen molar-refractivity contribution >= 4 is 21.6 Å². The highest BCUT2D eigenvalue weighted by Crippen LogP contribution is 2.31. The Labute approximate surface area is 137 Å². The molecule has 1 atom stereocenters. The van der Waals surface area contributed by atoms with Gasteiger partial charge in [0.05, 0.1) is 4.90 Å². The van der Waals surface area contributed by atoms with Crippen LogP contribution in [-0.2, 0) is 21.2 Å². The Hall–Kier alpha value is -1.44. The molecule has 6 nitrogen and oxygen atoms in total. The van der Waals surface area contributed by atoms with Gasteiger partial charge in [0.1, 0.15) is 0 Å². The fourth-order valence-corrected chi connectivity index (χ4v) is 4.08. The van der Waals surface area contributed by atoms with Crippen LogP contribution in [0.15, 0.2) is 23.1 Å². The molecule has 0 aromatic heterocycles. The number of nitrogens with one attached hydrogen (secondary N) is 2. The summed E-state index contributed by atoms with van der Waals surface area (Å²) < 4.78 is 26.2. The smallest absolute Gasteiger partial charge is 0.240 e. The van der Waals surface area contributed by atoms with Crippen molar-refractivity contribution in [2.45, 2.75) is 30.6 Å². The van der Waals surface area contributed by atoms with Gasteiger partial charge >= 0.3 is 0 Å². The van der Waals surface area contributed by atoms with Gasteiger partial charge in [-0.1, -0.05) is 6.07 Å². The van der Waals surface area contributed by atoms with Crippen molar-refractivity contribution < 1.29 is 13.2 Å². The standard InChI is InChI=1S/C16H23N3O3S/c1-17-23(21,22)14-4-3-13-7-9-19(15(13)10-14)16(20)5-2-12-6-8-18-11-12/h3-4,10,12,17-18H,2,5-9,11H2,1H3. The largest absolute Gasteiger partial charge is 0.316 e. The zero-order valence-corrected chi connectivity index (χ0v) is 14.2. The van der Waals surface area contributed by atoms with E-state index in [1.165, 1.54) is 7.05 Å². The molecule has 2 heterocycles. The minimum atomic E-state index is -3.49. The molecule has 2 N–H and O–H groups in total. The number of nitrogens with zero attached hydrogens (tertiary/aromatic N) is 1. The Bertz CT molecular complexity index is 697. The molecule has 3 rings (SSSR count). The fourth-order valence-electron chi connectivity index (χ4n) is 3.33. The quantitative estimate of drug-likeness (QED) is 0.836. The van der Waals surface area contributed by atoms with Crippen LogP contribution in [0.4, 0.5) is 5.69 Å². The maximum Gasteiger partial charge on any atom is 0.240 e. The van der Waals surface area contributed by atoms with Gasteiger partial charge in [-0.05, 0) is 63.0 Å². The Morgan fingerprint density at radius 1 is 1.43 bits per heavy atom. The van der Waals surface area contributed by atoms with Crippen molar-refractivity contribution in [3.63, 3.8) is 0 Å². The van der Waals surface area contributed by atoms with E-state index in [1.807, 2.05) is 6.07 Å². The summed E-state index contributed by atoms with van der Waals surface area (Å²) in [6.45, 7) is 2.67. The minimum Gasteiger partial charge on any atom is -0.316 e. The highest BCUT2D eigenvalue weighted by molar-refractivity contribution is 7.89. The predicted molar refractivity (Wildman–Crippen MR) is 89.0 cm³/mol. The van der Waals surface area contributed by atoms with Crippen molar-refractivity contribution in [3.8, 4) is 0 Å². The van der Waals surface area contributed by atoms with E-state index in [9.17, 15) is 13.2 Å². The van der Waals surface area contributed by atoms with E-state index in [0.29, 0.717) is 18.9 Å². The molecule has 0 spiro atoms. The molecule has 1 unspecified atom stereocenters. The average molecular weight is 337 g/mol. The molecule has 1 amide bonds. The number of fused-ring (bicyclic) bond motifs is 1. The second-order valence-corrected chi connectivity index (χ2v) is 8.08. The Balaban J connectivity index is 1.74. The monoisotopic (exact) mass is 337 g/mol. The van der Waals surface area contributed by atoms with Gasteiger partial charge in [-0.3, -0.25) is 4.79 Å². The zero-order valence-electron chi connectivity index (χ0n) is 13.3. The number of carbonyl (C=O) groups is 1. The summed E-state index contributed by atoms with van der Waals surface area (Å²) in [5, 5.41) is 3.31. The lowest BCUT2D eigenvalue weighted by molar-refractivity contribution is -0.118. The molecule has 0 radical (unpaired) electrons. The lowest BCUT2D eigenvalue weighted by Gasteiger charge is -2.19. The van der Waals surface area contributed by atoms with Gasteiger partial charge in [0.15, 0.2) is 0 Å². The second kappa shape index (κ2) is 6.59. The van der Waals surface area contributed by atoms with E-state index >= 15 is 0 Å². The first-order valence-corrected chi connectivity index (χ1v) is 9.57. The van der Waals surface area contributed by atoms with E-state index in [0.717, 1.165) is 43.6 Å². The SMILES string of the molecule is CNS(=O)(=O)c1ccc2c(c1)N(C(=O)CCC1CCNC1)CC2. The van der Waals surface area contributed by atoms with Crippen LogP contribution in [0.25, 0.3) is 0 Å². The van der Waals surface area contributed by atoms with Gasteiger partial charge in [-0.2, -0.15) is 0 Å². The first-order chi connectivity index (χ1) is 11.0. The molecule has 2 aliphatic heterocycles. The molecule has 23 heavy (non-hydrogen) atoms.